The quantitative estimate of drug-likeness (QED) is 0.201. The molecular weight excluding hydrogens is 460 g/mol. The standard InChI is InChI=1S/C24H24N2O7S/c1-4-32-21-11-16(5-10-20(21)33-14-15(2)3)12-22-23(28)25(24(29)34-22)13-19(27)17-6-8-18(9-7-17)26(30)31/h5-12,15H,4,13-14H2,1-3H3/b22-12-. The molecular formula is C24H24N2O7S. The largest absolute Gasteiger partial charge is 0.490 e. The molecule has 178 valence electrons. The van der Waals surface area contributed by atoms with Gasteiger partial charge in [-0.2, -0.15) is 0 Å². The van der Waals surface area contributed by atoms with E-state index >= 15 is 0 Å². The van der Waals surface area contributed by atoms with Gasteiger partial charge in [0.25, 0.3) is 16.8 Å². The van der Waals surface area contributed by atoms with Gasteiger partial charge in [0.15, 0.2) is 17.3 Å². The van der Waals surface area contributed by atoms with E-state index in [4.69, 9.17) is 9.47 Å². The normalized spacial score (nSPS) is 14.7. The molecule has 0 radical (unpaired) electrons. The molecule has 1 aliphatic rings. The maximum absolute atomic E-state index is 12.8. The average Bonchev–Trinajstić information content (AvgIpc) is 3.06. The summed E-state index contributed by atoms with van der Waals surface area (Å²) in [4.78, 5) is 49.0. The third kappa shape index (κ3) is 6.02. The summed E-state index contributed by atoms with van der Waals surface area (Å²) in [5.74, 6) is 0.389. The number of carbonyl (C=O) groups is 3. The van der Waals surface area contributed by atoms with Crippen LogP contribution in [-0.4, -0.2) is 46.5 Å². The number of amides is 2. The molecule has 9 nitrogen and oxygen atoms in total. The molecule has 0 N–H and O–H groups in total. The predicted octanol–water partition coefficient (Wildman–Crippen LogP) is 4.95. The Balaban J connectivity index is 1.75. The Labute approximate surface area is 200 Å². The number of carbonyl (C=O) groups excluding carboxylic acids is 3. The maximum atomic E-state index is 12.8. The van der Waals surface area contributed by atoms with E-state index in [1.165, 1.54) is 24.3 Å². The van der Waals surface area contributed by atoms with Gasteiger partial charge in [0.1, 0.15) is 0 Å². The highest BCUT2D eigenvalue weighted by Gasteiger charge is 2.36. The molecule has 0 saturated carbocycles. The smallest absolute Gasteiger partial charge is 0.293 e. The van der Waals surface area contributed by atoms with Gasteiger partial charge in [-0.15, -0.1) is 0 Å². The third-order valence-corrected chi connectivity index (χ3v) is 5.62. The first-order valence-corrected chi connectivity index (χ1v) is 11.4. The highest BCUT2D eigenvalue weighted by Crippen LogP contribution is 2.35. The Hall–Kier alpha value is -3.66. The molecule has 1 heterocycles. The van der Waals surface area contributed by atoms with Gasteiger partial charge in [0, 0.05) is 17.7 Å². The van der Waals surface area contributed by atoms with Gasteiger partial charge in [-0.25, -0.2) is 0 Å². The summed E-state index contributed by atoms with van der Waals surface area (Å²) in [6.07, 6.45) is 1.57. The van der Waals surface area contributed by atoms with Gasteiger partial charge >= 0.3 is 0 Å². The summed E-state index contributed by atoms with van der Waals surface area (Å²) in [7, 11) is 0. The first kappa shape index (κ1) is 25.0. The van der Waals surface area contributed by atoms with Crippen LogP contribution in [0, 0.1) is 16.0 Å². The van der Waals surface area contributed by atoms with Crippen LogP contribution >= 0.6 is 11.8 Å². The number of thioether (sulfide) groups is 1. The maximum Gasteiger partial charge on any atom is 0.293 e. The van der Waals surface area contributed by atoms with Crippen LogP contribution in [0.2, 0.25) is 0 Å². The van der Waals surface area contributed by atoms with Gasteiger partial charge in [-0.05, 0) is 60.5 Å². The number of hydrogen-bond donors (Lipinski definition) is 0. The van der Waals surface area contributed by atoms with E-state index in [1.54, 1.807) is 24.3 Å². The molecule has 2 amide bonds. The van der Waals surface area contributed by atoms with Crippen LogP contribution in [-0.2, 0) is 4.79 Å². The van der Waals surface area contributed by atoms with Crippen LogP contribution in [0.4, 0.5) is 10.5 Å². The lowest BCUT2D eigenvalue weighted by molar-refractivity contribution is -0.384. The van der Waals surface area contributed by atoms with Crippen LogP contribution in [0.5, 0.6) is 11.5 Å². The number of benzene rings is 2. The van der Waals surface area contributed by atoms with E-state index < -0.39 is 28.4 Å². The Kier molecular flexibility index (Phi) is 8.06. The van der Waals surface area contributed by atoms with Gasteiger partial charge in [0.2, 0.25) is 0 Å². The zero-order chi connectivity index (χ0) is 24.8. The molecule has 0 bridgehead atoms. The van der Waals surface area contributed by atoms with Crippen molar-refractivity contribution in [2.24, 2.45) is 5.92 Å². The molecule has 3 rings (SSSR count). The minimum absolute atomic E-state index is 0.155. The van der Waals surface area contributed by atoms with Crippen molar-refractivity contribution >= 4 is 40.5 Å². The van der Waals surface area contributed by atoms with Crippen LogP contribution in [0.15, 0.2) is 47.4 Å². The third-order valence-electron chi connectivity index (χ3n) is 4.71. The number of nitrogens with zero attached hydrogens (tertiary/aromatic N) is 2. The molecule has 1 aliphatic heterocycles. The number of ether oxygens (including phenoxy) is 2. The van der Waals surface area contributed by atoms with E-state index in [1.807, 2.05) is 20.8 Å². The number of Topliss-reactive ketones (excluding diaryl/α,β-unsaturated/α-hetero) is 1. The summed E-state index contributed by atoms with van der Waals surface area (Å²) in [6.45, 7) is 6.44. The number of ketones is 1. The lowest BCUT2D eigenvalue weighted by Crippen LogP contribution is -2.33. The van der Waals surface area contributed by atoms with Crippen molar-refractivity contribution in [1.29, 1.82) is 0 Å². The molecule has 0 unspecified atom stereocenters. The molecule has 10 heteroatoms. The van der Waals surface area contributed by atoms with Crippen molar-refractivity contribution in [3.8, 4) is 11.5 Å². The average molecular weight is 485 g/mol. The van der Waals surface area contributed by atoms with Crippen molar-refractivity contribution in [1.82, 2.24) is 4.90 Å². The first-order chi connectivity index (χ1) is 16.2. The van der Waals surface area contributed by atoms with E-state index in [2.05, 4.69) is 0 Å². The summed E-state index contributed by atoms with van der Waals surface area (Å²) >= 11 is 0.743. The van der Waals surface area contributed by atoms with E-state index in [0.29, 0.717) is 36.2 Å². The van der Waals surface area contributed by atoms with Gasteiger partial charge < -0.3 is 9.47 Å². The summed E-state index contributed by atoms with van der Waals surface area (Å²) in [6, 6.07) is 10.2. The van der Waals surface area contributed by atoms with Crippen molar-refractivity contribution in [3.63, 3.8) is 0 Å². The molecule has 0 aliphatic carbocycles. The van der Waals surface area contributed by atoms with E-state index in [0.717, 1.165) is 16.7 Å². The van der Waals surface area contributed by atoms with Gasteiger partial charge in [-0.1, -0.05) is 19.9 Å². The summed E-state index contributed by atoms with van der Waals surface area (Å²) in [5.41, 5.74) is 0.664. The molecule has 2 aromatic carbocycles. The Morgan fingerprint density at radius 3 is 2.44 bits per heavy atom. The molecule has 34 heavy (non-hydrogen) atoms. The number of imide groups is 1. The Bertz CT molecular complexity index is 1140. The Morgan fingerprint density at radius 2 is 1.82 bits per heavy atom. The zero-order valence-electron chi connectivity index (χ0n) is 19.0. The van der Waals surface area contributed by atoms with Crippen molar-refractivity contribution in [2.75, 3.05) is 19.8 Å². The molecule has 0 spiro atoms. The van der Waals surface area contributed by atoms with Gasteiger partial charge in [0.05, 0.1) is 29.6 Å². The van der Waals surface area contributed by atoms with Gasteiger partial charge in [-0.3, -0.25) is 29.4 Å². The lowest BCUT2D eigenvalue weighted by Gasteiger charge is -2.14. The van der Waals surface area contributed by atoms with Crippen LogP contribution in [0.3, 0.4) is 0 Å². The minimum atomic E-state index is -0.580. The molecule has 1 fully saturated rings. The Morgan fingerprint density at radius 1 is 1.12 bits per heavy atom. The van der Waals surface area contributed by atoms with Crippen molar-refractivity contribution in [2.45, 2.75) is 20.8 Å². The topological polar surface area (TPSA) is 116 Å². The lowest BCUT2D eigenvalue weighted by atomic mass is 10.1. The molecule has 0 atom stereocenters. The van der Waals surface area contributed by atoms with Crippen LogP contribution < -0.4 is 9.47 Å². The van der Waals surface area contributed by atoms with Crippen LogP contribution in [0.25, 0.3) is 6.08 Å². The minimum Gasteiger partial charge on any atom is -0.490 e. The van der Waals surface area contributed by atoms with E-state index in [-0.39, 0.29) is 16.2 Å². The molecule has 1 saturated heterocycles. The number of rotatable bonds is 10. The monoisotopic (exact) mass is 484 g/mol. The first-order valence-electron chi connectivity index (χ1n) is 10.6. The fourth-order valence-corrected chi connectivity index (χ4v) is 3.89. The number of non-ortho nitro benzene ring substituents is 1. The highest BCUT2D eigenvalue weighted by molar-refractivity contribution is 8.18. The predicted molar refractivity (Wildman–Crippen MR) is 128 cm³/mol. The second kappa shape index (κ2) is 11.0. The zero-order valence-corrected chi connectivity index (χ0v) is 19.8. The number of hydrogen-bond acceptors (Lipinski definition) is 8. The second-order valence-electron chi connectivity index (χ2n) is 7.84. The fourth-order valence-electron chi connectivity index (χ4n) is 3.05. The van der Waals surface area contributed by atoms with Crippen LogP contribution in [0.1, 0.15) is 36.7 Å². The summed E-state index contributed by atoms with van der Waals surface area (Å²) in [5, 5.41) is 10.2. The highest BCUT2D eigenvalue weighted by atomic mass is 32.2. The molecule has 2 aromatic rings. The number of nitro groups is 1. The van der Waals surface area contributed by atoms with Crippen molar-refractivity contribution in [3.05, 3.63) is 68.6 Å². The van der Waals surface area contributed by atoms with Crippen molar-refractivity contribution < 1.29 is 28.8 Å². The summed E-state index contributed by atoms with van der Waals surface area (Å²) < 4.78 is 11.4. The SMILES string of the molecule is CCOc1cc(/C=C2\SC(=O)N(CC(=O)c3ccc([N+](=O)[O-])cc3)C2=O)ccc1OCC(C)C. The van der Waals surface area contributed by atoms with E-state index in [9.17, 15) is 24.5 Å². The fraction of sp³-hybridized carbons (Fsp3) is 0.292. The molecule has 0 aromatic heterocycles. The second-order valence-corrected chi connectivity index (χ2v) is 8.83. The number of nitro benzene ring substituents is 1.